The summed E-state index contributed by atoms with van der Waals surface area (Å²) in [6, 6.07) is 0. The number of nitrogens with one attached hydrogen (secondary N) is 1. The van der Waals surface area contributed by atoms with Gasteiger partial charge in [-0.3, -0.25) is 9.79 Å². The monoisotopic (exact) mass is 321 g/mol. The second kappa shape index (κ2) is 6.39. The van der Waals surface area contributed by atoms with E-state index in [-0.39, 0.29) is 12.3 Å². The molecule has 7 heteroatoms. The Labute approximate surface area is 133 Å². The van der Waals surface area contributed by atoms with E-state index in [0.717, 1.165) is 5.01 Å². The zero-order valence-electron chi connectivity index (χ0n) is 12.8. The molecule has 1 aliphatic rings. The number of thiazole rings is 1. The highest BCUT2D eigenvalue weighted by Gasteiger charge is 2.37. The number of hydrogen-bond donors (Lipinski definition) is 1. The van der Waals surface area contributed by atoms with Crippen LogP contribution in [0.5, 0.6) is 0 Å². The predicted octanol–water partition coefficient (Wildman–Crippen LogP) is 2.16. The van der Waals surface area contributed by atoms with E-state index < -0.39 is 17.2 Å². The topological polar surface area (TPSA) is 80.6 Å². The number of nitrogens with zero attached hydrogens (tertiary/aromatic N) is 2. The summed E-state index contributed by atoms with van der Waals surface area (Å²) in [5.74, 6) is -0.196. The van der Waals surface area contributed by atoms with Gasteiger partial charge in [0.05, 0.1) is 11.6 Å². The molecule has 0 saturated carbocycles. The van der Waals surface area contributed by atoms with E-state index in [0.29, 0.717) is 6.42 Å². The van der Waals surface area contributed by atoms with Crippen molar-refractivity contribution in [2.24, 2.45) is 4.99 Å². The second-order valence-electron chi connectivity index (χ2n) is 5.94. The minimum Gasteiger partial charge on any atom is -0.444 e. The predicted molar refractivity (Wildman–Crippen MR) is 85.4 cm³/mol. The third-order valence-electron chi connectivity index (χ3n) is 2.94. The molecule has 0 aliphatic carbocycles. The molecule has 1 unspecified atom stereocenters. The fourth-order valence-corrected chi connectivity index (χ4v) is 2.68. The van der Waals surface area contributed by atoms with E-state index in [1.807, 2.05) is 5.38 Å². The average Bonchev–Trinajstić information content (AvgIpc) is 3.06. The standard InChI is InChI=1S/C15H19N3O3S/c1-14(2,3)21-13(20)17-10-11(19)15(5-4-6-18-15)9-12-16-7-8-22-12/h4-8H,9-10H2,1-3H3,(H,17,20). The number of amides is 1. The van der Waals surface area contributed by atoms with Crippen LogP contribution in [0, 0.1) is 0 Å². The van der Waals surface area contributed by atoms with Gasteiger partial charge in [0, 0.05) is 24.2 Å². The lowest BCUT2D eigenvalue weighted by atomic mass is 9.91. The summed E-state index contributed by atoms with van der Waals surface area (Å²) in [5, 5.41) is 5.17. The highest BCUT2D eigenvalue weighted by molar-refractivity contribution is 7.09. The number of Topliss-reactive ketones (excluding diaryl/α,β-unsaturated/α-hetero) is 1. The molecular weight excluding hydrogens is 302 g/mol. The van der Waals surface area contributed by atoms with E-state index in [9.17, 15) is 9.59 Å². The summed E-state index contributed by atoms with van der Waals surface area (Å²) in [6.45, 7) is 5.16. The average molecular weight is 321 g/mol. The van der Waals surface area contributed by atoms with E-state index in [1.54, 1.807) is 45.3 Å². The molecule has 0 spiro atoms. The third-order valence-corrected chi connectivity index (χ3v) is 3.72. The zero-order chi connectivity index (χ0) is 16.2. The van der Waals surface area contributed by atoms with E-state index in [2.05, 4.69) is 15.3 Å². The Bertz CT molecular complexity index is 588. The van der Waals surface area contributed by atoms with Crippen LogP contribution in [0.4, 0.5) is 4.79 Å². The number of aliphatic imine (C=N–C) groups is 1. The summed E-state index contributed by atoms with van der Waals surface area (Å²) < 4.78 is 5.12. The van der Waals surface area contributed by atoms with Gasteiger partial charge in [-0.15, -0.1) is 11.3 Å². The second-order valence-corrected chi connectivity index (χ2v) is 6.92. The number of carbonyl (C=O) groups excluding carboxylic acids is 2. The van der Waals surface area contributed by atoms with Crippen molar-refractivity contribution in [2.75, 3.05) is 6.54 Å². The lowest BCUT2D eigenvalue weighted by Gasteiger charge is -2.23. The molecule has 0 saturated heterocycles. The van der Waals surface area contributed by atoms with Gasteiger partial charge < -0.3 is 10.1 Å². The highest BCUT2D eigenvalue weighted by Crippen LogP contribution is 2.25. The molecule has 0 bridgehead atoms. The Morgan fingerprint density at radius 1 is 1.41 bits per heavy atom. The first kappa shape index (κ1) is 16.4. The van der Waals surface area contributed by atoms with E-state index in [4.69, 9.17) is 4.74 Å². The van der Waals surface area contributed by atoms with Gasteiger partial charge in [0.1, 0.15) is 11.1 Å². The van der Waals surface area contributed by atoms with Gasteiger partial charge in [-0.25, -0.2) is 9.78 Å². The normalized spacial score (nSPS) is 20.1. The number of ketones is 1. The van der Waals surface area contributed by atoms with Crippen molar-refractivity contribution in [1.29, 1.82) is 0 Å². The van der Waals surface area contributed by atoms with Gasteiger partial charge in [0.2, 0.25) is 0 Å². The number of rotatable bonds is 5. The minimum atomic E-state index is -0.979. The van der Waals surface area contributed by atoms with Crippen molar-refractivity contribution in [3.05, 3.63) is 28.7 Å². The number of carbonyl (C=O) groups is 2. The van der Waals surface area contributed by atoms with Crippen molar-refractivity contribution >= 4 is 29.4 Å². The molecule has 0 radical (unpaired) electrons. The van der Waals surface area contributed by atoms with Gasteiger partial charge in [-0.05, 0) is 32.9 Å². The van der Waals surface area contributed by atoms with E-state index in [1.165, 1.54) is 11.3 Å². The van der Waals surface area contributed by atoms with Gasteiger partial charge >= 0.3 is 6.09 Å². The van der Waals surface area contributed by atoms with E-state index >= 15 is 0 Å². The van der Waals surface area contributed by atoms with Crippen molar-refractivity contribution in [3.8, 4) is 0 Å². The van der Waals surface area contributed by atoms with Crippen LogP contribution in [-0.4, -0.2) is 40.8 Å². The fraction of sp³-hybridized carbons (Fsp3) is 0.467. The SMILES string of the molecule is CC(C)(C)OC(=O)NCC(=O)C1(Cc2nccs2)C=CC=N1. The molecule has 2 rings (SSSR count). The maximum absolute atomic E-state index is 12.5. The number of ether oxygens (including phenoxy) is 1. The molecule has 1 aromatic rings. The lowest BCUT2D eigenvalue weighted by molar-refractivity contribution is -0.121. The number of hydrogen-bond acceptors (Lipinski definition) is 6. The largest absolute Gasteiger partial charge is 0.444 e. The van der Waals surface area contributed by atoms with Crippen LogP contribution >= 0.6 is 11.3 Å². The molecule has 1 amide bonds. The van der Waals surface area contributed by atoms with Crippen LogP contribution in [-0.2, 0) is 16.0 Å². The molecule has 1 aromatic heterocycles. The van der Waals surface area contributed by atoms with Crippen molar-refractivity contribution < 1.29 is 14.3 Å². The fourth-order valence-electron chi connectivity index (χ4n) is 1.98. The van der Waals surface area contributed by atoms with Crippen molar-refractivity contribution in [1.82, 2.24) is 10.3 Å². The minimum absolute atomic E-state index is 0.137. The van der Waals surface area contributed by atoms with Crippen molar-refractivity contribution in [3.63, 3.8) is 0 Å². The first-order chi connectivity index (χ1) is 10.3. The van der Waals surface area contributed by atoms with Gasteiger partial charge in [0.15, 0.2) is 5.78 Å². The Hall–Kier alpha value is -2.02. The molecule has 1 N–H and O–H groups in total. The number of aromatic nitrogens is 1. The summed E-state index contributed by atoms with van der Waals surface area (Å²) in [7, 11) is 0. The molecule has 1 atom stereocenters. The molecular formula is C15H19N3O3S. The zero-order valence-corrected chi connectivity index (χ0v) is 13.6. The molecule has 6 nitrogen and oxygen atoms in total. The molecule has 0 aromatic carbocycles. The summed E-state index contributed by atoms with van der Waals surface area (Å²) >= 11 is 1.47. The molecule has 22 heavy (non-hydrogen) atoms. The molecule has 0 fully saturated rings. The first-order valence-corrected chi connectivity index (χ1v) is 7.80. The number of allylic oxidation sites excluding steroid dienone is 1. The highest BCUT2D eigenvalue weighted by atomic mass is 32.1. The number of alkyl carbamates (subject to hydrolysis) is 1. The Morgan fingerprint density at radius 3 is 2.73 bits per heavy atom. The van der Waals surface area contributed by atoms with Crippen molar-refractivity contribution in [2.45, 2.75) is 38.3 Å². The summed E-state index contributed by atoms with van der Waals surface area (Å²) in [6.07, 6.45) is 6.55. The first-order valence-electron chi connectivity index (χ1n) is 6.92. The third kappa shape index (κ3) is 4.24. The van der Waals surface area contributed by atoms with Crippen LogP contribution in [0.2, 0.25) is 0 Å². The van der Waals surface area contributed by atoms with Gasteiger partial charge in [0.25, 0.3) is 0 Å². The Kier molecular flexibility index (Phi) is 4.75. The Morgan fingerprint density at radius 2 is 2.18 bits per heavy atom. The summed E-state index contributed by atoms with van der Waals surface area (Å²) in [4.78, 5) is 32.6. The molecule has 1 aliphatic heterocycles. The van der Waals surface area contributed by atoms with Crippen LogP contribution in [0.3, 0.4) is 0 Å². The van der Waals surface area contributed by atoms with Crippen LogP contribution in [0.1, 0.15) is 25.8 Å². The smallest absolute Gasteiger partial charge is 0.408 e. The van der Waals surface area contributed by atoms with Crippen LogP contribution in [0.15, 0.2) is 28.7 Å². The molecule has 118 valence electrons. The maximum Gasteiger partial charge on any atom is 0.408 e. The Balaban J connectivity index is 1.98. The lowest BCUT2D eigenvalue weighted by Crippen LogP contribution is -2.44. The van der Waals surface area contributed by atoms with Gasteiger partial charge in [-0.2, -0.15) is 0 Å². The maximum atomic E-state index is 12.5. The van der Waals surface area contributed by atoms with Gasteiger partial charge in [-0.1, -0.05) is 0 Å². The van der Waals surface area contributed by atoms with Crippen LogP contribution < -0.4 is 5.32 Å². The van der Waals surface area contributed by atoms with Crippen LogP contribution in [0.25, 0.3) is 0 Å². The molecule has 2 heterocycles. The summed E-state index contributed by atoms with van der Waals surface area (Å²) in [5.41, 5.74) is -1.58. The quantitative estimate of drug-likeness (QED) is 0.901.